The quantitative estimate of drug-likeness (QED) is 0.413. The number of hydrogen-bond donors (Lipinski definition) is 3. The molecule has 0 aliphatic carbocycles. The van der Waals surface area contributed by atoms with Crippen LogP contribution in [0, 0.1) is 10.1 Å². The Balaban J connectivity index is 2.11. The number of amides is 2. The molecule has 0 radical (unpaired) electrons. The number of nitrogens with two attached hydrogens (primary N) is 1. The number of nitrogens with zero attached hydrogens (tertiary/aromatic N) is 1. The third kappa shape index (κ3) is 2.85. The van der Waals surface area contributed by atoms with Crippen LogP contribution in [0.5, 0.6) is 0 Å². The Bertz CT molecular complexity index is 573. The van der Waals surface area contributed by atoms with Gasteiger partial charge in [-0.05, 0) is 25.0 Å². The number of piperidine rings is 1. The maximum Gasteiger partial charge on any atom is 0.292 e. The number of rotatable bonds is 3. The van der Waals surface area contributed by atoms with Gasteiger partial charge in [-0.15, -0.1) is 0 Å². The van der Waals surface area contributed by atoms with E-state index in [1.165, 1.54) is 18.2 Å². The Labute approximate surface area is 114 Å². The first kappa shape index (κ1) is 13.8. The summed E-state index contributed by atoms with van der Waals surface area (Å²) in [6, 6.07) is 3.14. The molecule has 106 valence electrons. The fourth-order valence-corrected chi connectivity index (χ4v) is 2.01. The van der Waals surface area contributed by atoms with Crippen LogP contribution in [-0.2, 0) is 4.79 Å². The standard InChI is InChI=1S/C12H14N4O4/c13-8-6-7(3-4-10(8)16(19)20)11(17)15-9-2-1-5-14-12(9)18/h3-4,6,9H,1-2,5,13H2,(H,14,18)(H,15,17). The lowest BCUT2D eigenvalue weighted by Crippen LogP contribution is -2.50. The SMILES string of the molecule is Nc1cc(C(=O)NC2CCCNC2=O)ccc1[N+](=O)[O-]. The molecule has 1 heterocycles. The number of hydrogen-bond acceptors (Lipinski definition) is 5. The van der Waals surface area contributed by atoms with Crippen LogP contribution in [0.2, 0.25) is 0 Å². The van der Waals surface area contributed by atoms with Crippen molar-refractivity contribution in [2.75, 3.05) is 12.3 Å². The van der Waals surface area contributed by atoms with Crippen LogP contribution < -0.4 is 16.4 Å². The minimum atomic E-state index is -0.619. The minimum Gasteiger partial charge on any atom is -0.393 e. The van der Waals surface area contributed by atoms with Crippen LogP contribution >= 0.6 is 0 Å². The number of benzene rings is 1. The molecule has 8 heteroatoms. The van der Waals surface area contributed by atoms with Gasteiger partial charge in [-0.25, -0.2) is 0 Å². The lowest BCUT2D eigenvalue weighted by atomic mass is 10.1. The van der Waals surface area contributed by atoms with E-state index in [1.807, 2.05) is 0 Å². The molecular weight excluding hydrogens is 264 g/mol. The molecule has 1 atom stereocenters. The van der Waals surface area contributed by atoms with Crippen molar-refractivity contribution in [3.63, 3.8) is 0 Å². The molecular formula is C12H14N4O4. The average molecular weight is 278 g/mol. The van der Waals surface area contributed by atoms with Gasteiger partial charge in [-0.2, -0.15) is 0 Å². The van der Waals surface area contributed by atoms with Gasteiger partial charge in [0.15, 0.2) is 0 Å². The molecule has 0 aromatic heterocycles. The highest BCUT2D eigenvalue weighted by Gasteiger charge is 2.24. The van der Waals surface area contributed by atoms with Crippen LogP contribution in [0.3, 0.4) is 0 Å². The van der Waals surface area contributed by atoms with E-state index in [0.717, 1.165) is 6.42 Å². The van der Waals surface area contributed by atoms with Gasteiger partial charge in [0.2, 0.25) is 5.91 Å². The van der Waals surface area contributed by atoms with Gasteiger partial charge < -0.3 is 16.4 Å². The maximum atomic E-state index is 12.0. The average Bonchev–Trinajstić information content (AvgIpc) is 2.40. The fraction of sp³-hybridized carbons (Fsp3) is 0.333. The third-order valence-electron chi connectivity index (χ3n) is 3.08. The van der Waals surface area contributed by atoms with Gasteiger partial charge in [-0.3, -0.25) is 19.7 Å². The normalized spacial score (nSPS) is 18.2. The van der Waals surface area contributed by atoms with E-state index in [2.05, 4.69) is 10.6 Å². The molecule has 1 unspecified atom stereocenters. The predicted molar refractivity (Wildman–Crippen MR) is 71.0 cm³/mol. The molecule has 1 aromatic rings. The number of nitrogens with one attached hydrogen (secondary N) is 2. The highest BCUT2D eigenvalue weighted by molar-refractivity contribution is 5.98. The Kier molecular flexibility index (Phi) is 3.83. The van der Waals surface area contributed by atoms with Gasteiger partial charge in [0.05, 0.1) is 4.92 Å². The van der Waals surface area contributed by atoms with Gasteiger partial charge in [-0.1, -0.05) is 0 Å². The number of anilines is 1. The summed E-state index contributed by atoms with van der Waals surface area (Å²) in [6.45, 7) is 0.607. The molecule has 4 N–H and O–H groups in total. The van der Waals surface area contributed by atoms with E-state index < -0.39 is 16.9 Å². The van der Waals surface area contributed by atoms with Crippen molar-refractivity contribution in [1.82, 2.24) is 10.6 Å². The topological polar surface area (TPSA) is 127 Å². The van der Waals surface area contributed by atoms with Crippen molar-refractivity contribution in [1.29, 1.82) is 0 Å². The number of nitrogen functional groups attached to an aromatic ring is 1. The van der Waals surface area contributed by atoms with Crippen molar-refractivity contribution < 1.29 is 14.5 Å². The number of carbonyl (C=O) groups excluding carboxylic acids is 2. The number of nitro groups is 1. The smallest absolute Gasteiger partial charge is 0.292 e. The van der Waals surface area contributed by atoms with Crippen LogP contribution in [0.15, 0.2) is 18.2 Å². The summed E-state index contributed by atoms with van der Waals surface area (Å²) in [7, 11) is 0. The summed E-state index contributed by atoms with van der Waals surface area (Å²) < 4.78 is 0. The molecule has 1 aromatic carbocycles. The zero-order chi connectivity index (χ0) is 14.7. The summed E-state index contributed by atoms with van der Waals surface area (Å²) in [6.07, 6.45) is 1.36. The van der Waals surface area contributed by atoms with Gasteiger partial charge in [0.1, 0.15) is 11.7 Å². The van der Waals surface area contributed by atoms with E-state index in [0.29, 0.717) is 13.0 Å². The summed E-state index contributed by atoms with van der Waals surface area (Å²) >= 11 is 0. The molecule has 0 bridgehead atoms. The van der Waals surface area contributed by atoms with E-state index in [4.69, 9.17) is 5.73 Å². The first-order valence-corrected chi connectivity index (χ1v) is 6.11. The first-order chi connectivity index (χ1) is 9.49. The number of carbonyl (C=O) groups is 2. The van der Waals surface area contributed by atoms with E-state index >= 15 is 0 Å². The summed E-state index contributed by atoms with van der Waals surface area (Å²) in [4.78, 5) is 33.5. The van der Waals surface area contributed by atoms with Gasteiger partial charge >= 0.3 is 0 Å². The molecule has 20 heavy (non-hydrogen) atoms. The summed E-state index contributed by atoms with van der Waals surface area (Å²) in [5.74, 6) is -0.701. The highest BCUT2D eigenvalue weighted by Crippen LogP contribution is 2.22. The van der Waals surface area contributed by atoms with Crippen LogP contribution in [0.1, 0.15) is 23.2 Å². The van der Waals surface area contributed by atoms with Gasteiger partial charge in [0, 0.05) is 18.2 Å². The molecule has 2 amide bonds. The lowest BCUT2D eigenvalue weighted by molar-refractivity contribution is -0.383. The second-order valence-corrected chi connectivity index (χ2v) is 4.49. The second kappa shape index (κ2) is 5.55. The van der Waals surface area contributed by atoms with Crippen LogP contribution in [0.4, 0.5) is 11.4 Å². The monoisotopic (exact) mass is 278 g/mol. The fourth-order valence-electron chi connectivity index (χ4n) is 2.01. The van der Waals surface area contributed by atoms with Crippen LogP contribution in [0.25, 0.3) is 0 Å². The van der Waals surface area contributed by atoms with Crippen LogP contribution in [-0.4, -0.2) is 29.3 Å². The van der Waals surface area contributed by atoms with Crippen molar-refractivity contribution in [2.24, 2.45) is 0 Å². The molecule has 1 aliphatic heterocycles. The largest absolute Gasteiger partial charge is 0.393 e. The van der Waals surface area contributed by atoms with Crippen molar-refractivity contribution in [3.05, 3.63) is 33.9 Å². The first-order valence-electron chi connectivity index (χ1n) is 6.11. The lowest BCUT2D eigenvalue weighted by Gasteiger charge is -2.22. The molecule has 0 saturated carbocycles. The summed E-state index contributed by atoms with van der Waals surface area (Å²) in [5.41, 5.74) is 5.37. The molecule has 1 fully saturated rings. The molecule has 1 saturated heterocycles. The van der Waals surface area contributed by atoms with Crippen molar-refractivity contribution >= 4 is 23.2 Å². The molecule has 0 spiro atoms. The highest BCUT2D eigenvalue weighted by atomic mass is 16.6. The molecule has 2 rings (SSSR count). The van der Waals surface area contributed by atoms with E-state index in [1.54, 1.807) is 0 Å². The zero-order valence-electron chi connectivity index (χ0n) is 10.6. The zero-order valence-corrected chi connectivity index (χ0v) is 10.6. The maximum absolute atomic E-state index is 12.0. The van der Waals surface area contributed by atoms with Gasteiger partial charge in [0.25, 0.3) is 11.6 Å². The summed E-state index contributed by atoms with van der Waals surface area (Å²) in [5, 5.41) is 15.9. The molecule has 1 aliphatic rings. The minimum absolute atomic E-state index is 0.0873. The Hall–Kier alpha value is -2.64. The second-order valence-electron chi connectivity index (χ2n) is 4.49. The van der Waals surface area contributed by atoms with Crippen molar-refractivity contribution in [2.45, 2.75) is 18.9 Å². The molecule has 8 nitrogen and oxygen atoms in total. The number of nitro benzene ring substituents is 1. The Morgan fingerprint density at radius 2 is 2.25 bits per heavy atom. The predicted octanol–water partition coefficient (Wildman–Crippen LogP) is 0.185. The Morgan fingerprint density at radius 1 is 1.50 bits per heavy atom. The van der Waals surface area contributed by atoms with E-state index in [9.17, 15) is 19.7 Å². The van der Waals surface area contributed by atoms with E-state index in [-0.39, 0.29) is 22.8 Å². The third-order valence-corrected chi connectivity index (χ3v) is 3.08. The van der Waals surface area contributed by atoms with Crippen molar-refractivity contribution in [3.8, 4) is 0 Å². The Morgan fingerprint density at radius 3 is 2.85 bits per heavy atom.